The summed E-state index contributed by atoms with van der Waals surface area (Å²) in [4.78, 5) is 29.5. The Balaban J connectivity index is 2.35. The molecule has 25 heavy (non-hydrogen) atoms. The van der Waals surface area contributed by atoms with Crippen LogP contribution < -0.4 is 10.7 Å². The van der Waals surface area contributed by atoms with Crippen molar-refractivity contribution in [2.45, 2.75) is 12.1 Å². The van der Waals surface area contributed by atoms with Gasteiger partial charge in [-0.3, -0.25) is 14.0 Å². The maximum atomic E-state index is 13.6. The van der Waals surface area contributed by atoms with Crippen LogP contribution in [0.1, 0.15) is 16.2 Å². The number of fused-ring (bicyclic) bond motifs is 3. The monoisotopic (exact) mass is 360 g/mol. The van der Waals surface area contributed by atoms with Gasteiger partial charge in [-0.05, 0) is 12.1 Å². The molecule has 0 radical (unpaired) electrons. The molecule has 0 aliphatic carbocycles. The summed E-state index contributed by atoms with van der Waals surface area (Å²) in [6.45, 7) is 0. The molecule has 11 heteroatoms. The van der Waals surface area contributed by atoms with E-state index in [0.29, 0.717) is 0 Å². The molecule has 0 aliphatic heterocycles. The number of pyridine rings is 2. The topological polar surface area (TPSA) is 79.3 Å². The van der Waals surface area contributed by atoms with E-state index < -0.39 is 29.1 Å². The third kappa shape index (κ3) is 2.51. The molecule has 0 bridgehead atoms. The van der Waals surface area contributed by atoms with Crippen molar-refractivity contribution in [2.75, 3.05) is 7.05 Å². The Hall–Kier alpha value is -2.98. The molecule has 3 heterocycles. The minimum Gasteiger partial charge on any atom is -0.354 e. The quantitative estimate of drug-likeness (QED) is 0.688. The first kappa shape index (κ1) is 16.9. The molecule has 132 valence electrons. The summed E-state index contributed by atoms with van der Waals surface area (Å²) in [5.41, 5.74) is -2.95. The van der Waals surface area contributed by atoms with Crippen molar-refractivity contribution in [2.24, 2.45) is 0 Å². The zero-order valence-corrected chi connectivity index (χ0v) is 12.4. The third-order valence-electron chi connectivity index (χ3n) is 3.58. The number of carbonyl (C=O) groups is 1. The highest BCUT2D eigenvalue weighted by Crippen LogP contribution is 2.42. The summed E-state index contributed by atoms with van der Waals surface area (Å²) in [5, 5.41) is 2.17. The van der Waals surface area contributed by atoms with Gasteiger partial charge in [0.2, 0.25) is 0 Å². The number of hydrogen-bond donors (Lipinski definition) is 2. The third-order valence-corrected chi connectivity index (χ3v) is 3.58. The number of aromatic amines is 1. The molecule has 2 N–H and O–H groups in total. The van der Waals surface area contributed by atoms with Gasteiger partial charge in [0, 0.05) is 19.3 Å². The highest BCUT2D eigenvalue weighted by molar-refractivity contribution is 5.93. The minimum atomic E-state index is -5.88. The van der Waals surface area contributed by atoms with E-state index in [1.54, 1.807) is 0 Å². The molecule has 0 fully saturated rings. The van der Waals surface area contributed by atoms with Gasteiger partial charge in [0.25, 0.3) is 5.91 Å². The Morgan fingerprint density at radius 1 is 1.24 bits per heavy atom. The van der Waals surface area contributed by atoms with Crippen molar-refractivity contribution in [3.05, 3.63) is 46.0 Å². The van der Waals surface area contributed by atoms with E-state index in [9.17, 15) is 31.5 Å². The number of alkyl halides is 5. The van der Waals surface area contributed by atoms with E-state index in [2.05, 4.69) is 10.3 Å². The molecular weight excluding hydrogens is 351 g/mol. The fraction of sp³-hybridized carbons (Fsp3) is 0.214. The Morgan fingerprint density at radius 3 is 2.52 bits per heavy atom. The zero-order valence-electron chi connectivity index (χ0n) is 12.4. The molecule has 0 saturated carbocycles. The van der Waals surface area contributed by atoms with E-state index in [0.717, 1.165) is 10.6 Å². The Bertz CT molecular complexity index is 1050. The van der Waals surface area contributed by atoms with Gasteiger partial charge in [0.1, 0.15) is 22.7 Å². The van der Waals surface area contributed by atoms with Crippen molar-refractivity contribution in [1.82, 2.24) is 19.7 Å². The van der Waals surface area contributed by atoms with E-state index in [-0.39, 0.29) is 28.4 Å². The van der Waals surface area contributed by atoms with Gasteiger partial charge in [-0.25, -0.2) is 4.98 Å². The lowest BCUT2D eigenvalue weighted by molar-refractivity contribution is -0.290. The van der Waals surface area contributed by atoms with Gasteiger partial charge in [-0.15, -0.1) is 0 Å². The van der Waals surface area contributed by atoms with E-state index in [4.69, 9.17) is 0 Å². The molecule has 3 rings (SSSR count). The summed E-state index contributed by atoms with van der Waals surface area (Å²) in [5.74, 6) is -5.83. The predicted octanol–water partition coefficient (Wildman–Crippen LogP) is 2.19. The van der Waals surface area contributed by atoms with Crippen LogP contribution in [-0.4, -0.2) is 33.5 Å². The van der Waals surface area contributed by atoms with Crippen molar-refractivity contribution >= 4 is 22.6 Å². The van der Waals surface area contributed by atoms with Crippen molar-refractivity contribution in [1.29, 1.82) is 0 Å². The van der Waals surface area contributed by atoms with Crippen LogP contribution in [0.25, 0.3) is 16.7 Å². The fourth-order valence-electron chi connectivity index (χ4n) is 2.32. The summed E-state index contributed by atoms with van der Waals surface area (Å²) in [6, 6.07) is 2.77. The van der Waals surface area contributed by atoms with Gasteiger partial charge in [-0.2, -0.15) is 22.0 Å². The maximum absolute atomic E-state index is 13.6. The SMILES string of the molecule is CNC(=O)c1cn2c(ccc3c(=O)cc(C(F)(F)C(F)(F)F)[nH]c32)n1. The minimum absolute atomic E-state index is 0.0919. The number of aromatic nitrogens is 3. The van der Waals surface area contributed by atoms with Crippen molar-refractivity contribution < 1.29 is 26.7 Å². The molecule has 0 unspecified atom stereocenters. The highest BCUT2D eigenvalue weighted by atomic mass is 19.4. The molecule has 6 nitrogen and oxygen atoms in total. The second-order valence-corrected chi connectivity index (χ2v) is 5.15. The number of H-pyrrole nitrogens is 1. The van der Waals surface area contributed by atoms with Gasteiger partial charge in [0.15, 0.2) is 5.43 Å². The largest absolute Gasteiger partial charge is 0.459 e. The lowest BCUT2D eigenvalue weighted by atomic mass is 10.1. The second kappa shape index (κ2) is 5.26. The van der Waals surface area contributed by atoms with Gasteiger partial charge >= 0.3 is 12.1 Å². The molecule has 3 aromatic heterocycles. The van der Waals surface area contributed by atoms with Crippen LogP contribution in [0.15, 0.2) is 29.2 Å². The van der Waals surface area contributed by atoms with Gasteiger partial charge in [-0.1, -0.05) is 0 Å². The average Bonchev–Trinajstić information content (AvgIpc) is 2.97. The summed E-state index contributed by atoms with van der Waals surface area (Å²) in [7, 11) is 1.34. The Kier molecular flexibility index (Phi) is 3.55. The lowest BCUT2D eigenvalue weighted by Crippen LogP contribution is -2.35. The summed E-state index contributed by atoms with van der Waals surface area (Å²) in [6.07, 6.45) is -4.75. The van der Waals surface area contributed by atoms with Crippen molar-refractivity contribution in [3.8, 4) is 0 Å². The number of nitrogens with zero attached hydrogens (tertiary/aromatic N) is 2. The molecule has 0 aromatic carbocycles. The van der Waals surface area contributed by atoms with Crippen LogP contribution in [-0.2, 0) is 5.92 Å². The van der Waals surface area contributed by atoms with Crippen LogP contribution >= 0.6 is 0 Å². The van der Waals surface area contributed by atoms with E-state index in [1.807, 2.05) is 4.98 Å². The number of imidazole rings is 1. The Morgan fingerprint density at radius 2 is 1.92 bits per heavy atom. The molecule has 3 aromatic rings. The van der Waals surface area contributed by atoms with Gasteiger partial charge < -0.3 is 10.3 Å². The summed E-state index contributed by atoms with van der Waals surface area (Å²) < 4.78 is 65.9. The number of rotatable bonds is 2. The number of hydrogen-bond acceptors (Lipinski definition) is 3. The second-order valence-electron chi connectivity index (χ2n) is 5.15. The maximum Gasteiger partial charge on any atom is 0.459 e. The molecule has 0 spiro atoms. The van der Waals surface area contributed by atoms with Crippen LogP contribution in [0.2, 0.25) is 0 Å². The van der Waals surface area contributed by atoms with Crippen LogP contribution in [0.3, 0.4) is 0 Å². The molecule has 0 saturated heterocycles. The first-order valence-corrected chi connectivity index (χ1v) is 6.78. The average molecular weight is 360 g/mol. The van der Waals surface area contributed by atoms with Crippen molar-refractivity contribution in [3.63, 3.8) is 0 Å². The Labute approximate surface area is 135 Å². The molecule has 1 amide bonds. The van der Waals surface area contributed by atoms with Crippen LogP contribution in [0.5, 0.6) is 0 Å². The standard InChI is InChI=1S/C14H9F5N4O2/c1-20-12(25)7-5-23-10(21-7)3-2-6-8(24)4-9(22-11(6)23)13(15,16)14(17,18)19/h2-5H,1H3,(H,20,25)(H,22,24). The predicted molar refractivity (Wildman–Crippen MR) is 76.7 cm³/mol. The number of amides is 1. The molecule has 0 aliphatic rings. The number of nitrogens with one attached hydrogen (secondary N) is 2. The highest BCUT2D eigenvalue weighted by Gasteiger charge is 2.59. The number of carbonyl (C=O) groups excluding carboxylic acids is 1. The van der Waals surface area contributed by atoms with Gasteiger partial charge in [0.05, 0.1) is 5.39 Å². The smallest absolute Gasteiger partial charge is 0.354 e. The first-order valence-electron chi connectivity index (χ1n) is 6.78. The fourth-order valence-corrected chi connectivity index (χ4v) is 2.32. The number of halogens is 5. The van der Waals surface area contributed by atoms with Crippen LogP contribution in [0, 0.1) is 0 Å². The van der Waals surface area contributed by atoms with E-state index >= 15 is 0 Å². The first-order chi connectivity index (χ1) is 11.6. The zero-order chi connectivity index (χ0) is 18.6. The van der Waals surface area contributed by atoms with Crippen LogP contribution in [0.4, 0.5) is 22.0 Å². The summed E-state index contributed by atoms with van der Waals surface area (Å²) >= 11 is 0. The lowest BCUT2D eigenvalue weighted by Gasteiger charge is -2.19. The molecule has 0 atom stereocenters. The molecular formula is C14H9F5N4O2. The van der Waals surface area contributed by atoms with E-state index in [1.165, 1.54) is 19.2 Å². The normalized spacial score (nSPS) is 12.7.